The van der Waals surface area contributed by atoms with E-state index >= 15 is 0 Å². The number of carbonyl (C=O) groups excluding carboxylic acids is 1. The molecule has 0 radical (unpaired) electrons. The van der Waals surface area contributed by atoms with Crippen LogP contribution in [-0.2, 0) is 11.3 Å². The third kappa shape index (κ3) is 4.63. The normalized spacial score (nSPS) is 10.4. The van der Waals surface area contributed by atoms with Gasteiger partial charge in [-0.2, -0.15) is 5.10 Å². The summed E-state index contributed by atoms with van der Waals surface area (Å²) in [6.45, 7) is 2.40. The first-order chi connectivity index (χ1) is 12.6. The molecule has 1 heterocycles. The van der Waals surface area contributed by atoms with Gasteiger partial charge in [0.2, 0.25) is 0 Å². The molecule has 2 aromatic carbocycles. The number of aryl methyl sites for hydroxylation is 1. The van der Waals surface area contributed by atoms with Crippen LogP contribution in [0.5, 0.6) is 11.5 Å². The molecule has 3 aromatic rings. The Morgan fingerprint density at radius 3 is 2.46 bits per heavy atom. The predicted octanol–water partition coefficient (Wildman–Crippen LogP) is 3.27. The summed E-state index contributed by atoms with van der Waals surface area (Å²) < 4.78 is 12.4. The van der Waals surface area contributed by atoms with Gasteiger partial charge >= 0.3 is 0 Å². The molecule has 0 aliphatic rings. The van der Waals surface area contributed by atoms with Crippen molar-refractivity contribution < 1.29 is 14.3 Å². The number of nitrogens with zero attached hydrogens (tertiary/aromatic N) is 2. The van der Waals surface area contributed by atoms with Gasteiger partial charge in [0.1, 0.15) is 17.3 Å². The molecule has 134 valence electrons. The van der Waals surface area contributed by atoms with Crippen molar-refractivity contribution in [3.63, 3.8) is 0 Å². The van der Waals surface area contributed by atoms with Crippen molar-refractivity contribution in [3.8, 4) is 11.5 Å². The van der Waals surface area contributed by atoms with Gasteiger partial charge in [0, 0.05) is 6.07 Å². The van der Waals surface area contributed by atoms with Crippen LogP contribution in [0.4, 0.5) is 5.82 Å². The molecule has 0 aliphatic carbocycles. The standard InChI is InChI=1S/C20H21N3O3/c1-15-12-19(23(22-15)13-16-6-4-3-5-7-16)21-20(24)14-26-18-10-8-17(25-2)9-11-18/h3-12H,13-14H2,1-2H3,(H,21,24). The zero-order valence-corrected chi connectivity index (χ0v) is 14.8. The van der Waals surface area contributed by atoms with Crippen LogP contribution < -0.4 is 14.8 Å². The van der Waals surface area contributed by atoms with Crippen LogP contribution in [0, 0.1) is 6.92 Å². The summed E-state index contributed by atoms with van der Waals surface area (Å²) in [5.74, 6) is 1.75. The van der Waals surface area contributed by atoms with Gasteiger partial charge < -0.3 is 14.8 Å². The number of carbonyl (C=O) groups is 1. The molecule has 0 atom stereocenters. The molecule has 0 spiro atoms. The van der Waals surface area contributed by atoms with Gasteiger partial charge in [-0.25, -0.2) is 4.68 Å². The Hall–Kier alpha value is -3.28. The molecule has 0 fully saturated rings. The molecule has 0 saturated carbocycles. The van der Waals surface area contributed by atoms with E-state index in [2.05, 4.69) is 10.4 Å². The average Bonchev–Trinajstić information content (AvgIpc) is 3.00. The number of benzene rings is 2. The number of hydrogen-bond donors (Lipinski definition) is 1. The number of rotatable bonds is 7. The third-order valence-electron chi connectivity index (χ3n) is 3.77. The minimum Gasteiger partial charge on any atom is -0.497 e. The summed E-state index contributed by atoms with van der Waals surface area (Å²) in [7, 11) is 1.60. The maximum atomic E-state index is 12.2. The molecule has 0 aliphatic heterocycles. The summed E-state index contributed by atoms with van der Waals surface area (Å²) in [4.78, 5) is 12.2. The van der Waals surface area contributed by atoms with E-state index < -0.39 is 0 Å². The lowest BCUT2D eigenvalue weighted by Gasteiger charge is -2.10. The zero-order valence-electron chi connectivity index (χ0n) is 14.8. The number of anilines is 1. The largest absolute Gasteiger partial charge is 0.497 e. The minimum atomic E-state index is -0.241. The van der Waals surface area contributed by atoms with Crippen LogP contribution in [0.1, 0.15) is 11.3 Å². The van der Waals surface area contributed by atoms with Crippen LogP contribution in [0.25, 0.3) is 0 Å². The number of hydrogen-bond acceptors (Lipinski definition) is 4. The Morgan fingerprint density at radius 1 is 1.08 bits per heavy atom. The SMILES string of the molecule is COc1ccc(OCC(=O)Nc2cc(C)nn2Cc2ccccc2)cc1. The maximum absolute atomic E-state index is 12.2. The van der Waals surface area contributed by atoms with Crippen molar-refractivity contribution in [3.05, 3.63) is 71.9 Å². The minimum absolute atomic E-state index is 0.0815. The Balaban J connectivity index is 1.60. The van der Waals surface area contributed by atoms with Crippen LogP contribution >= 0.6 is 0 Å². The van der Waals surface area contributed by atoms with Crippen LogP contribution in [-0.4, -0.2) is 29.4 Å². The first-order valence-electron chi connectivity index (χ1n) is 8.29. The van der Waals surface area contributed by atoms with E-state index in [0.29, 0.717) is 18.1 Å². The number of amides is 1. The highest BCUT2D eigenvalue weighted by molar-refractivity contribution is 5.91. The van der Waals surface area contributed by atoms with Gasteiger partial charge in [0.05, 0.1) is 19.3 Å². The monoisotopic (exact) mass is 351 g/mol. The molecule has 1 amide bonds. The van der Waals surface area contributed by atoms with Crippen molar-refractivity contribution in [2.75, 3.05) is 19.0 Å². The third-order valence-corrected chi connectivity index (χ3v) is 3.77. The summed E-state index contributed by atoms with van der Waals surface area (Å²) in [6.07, 6.45) is 0. The van der Waals surface area contributed by atoms with Crippen molar-refractivity contribution in [2.24, 2.45) is 0 Å². The highest BCUT2D eigenvalue weighted by Crippen LogP contribution is 2.17. The predicted molar refractivity (Wildman–Crippen MR) is 99.6 cm³/mol. The second-order valence-corrected chi connectivity index (χ2v) is 5.83. The molecular weight excluding hydrogens is 330 g/mol. The zero-order chi connectivity index (χ0) is 18.4. The molecule has 1 N–H and O–H groups in total. The fourth-order valence-electron chi connectivity index (χ4n) is 2.52. The summed E-state index contributed by atoms with van der Waals surface area (Å²) >= 11 is 0. The van der Waals surface area contributed by atoms with Crippen molar-refractivity contribution >= 4 is 11.7 Å². The van der Waals surface area contributed by atoms with Gasteiger partial charge in [0.15, 0.2) is 6.61 Å². The number of nitrogens with one attached hydrogen (secondary N) is 1. The summed E-state index contributed by atoms with van der Waals surface area (Å²) in [5.41, 5.74) is 1.95. The van der Waals surface area contributed by atoms with Crippen LogP contribution in [0.2, 0.25) is 0 Å². The molecule has 26 heavy (non-hydrogen) atoms. The topological polar surface area (TPSA) is 65.4 Å². The second kappa shape index (κ2) is 8.20. The number of ether oxygens (including phenoxy) is 2. The fraction of sp³-hybridized carbons (Fsp3) is 0.200. The highest BCUT2D eigenvalue weighted by Gasteiger charge is 2.10. The fourth-order valence-corrected chi connectivity index (χ4v) is 2.52. The van der Waals surface area contributed by atoms with Gasteiger partial charge in [-0.15, -0.1) is 0 Å². The van der Waals surface area contributed by atoms with E-state index in [-0.39, 0.29) is 12.5 Å². The summed E-state index contributed by atoms with van der Waals surface area (Å²) in [6, 6.07) is 18.9. The second-order valence-electron chi connectivity index (χ2n) is 5.83. The van der Waals surface area contributed by atoms with Gasteiger partial charge in [-0.1, -0.05) is 30.3 Å². The van der Waals surface area contributed by atoms with Gasteiger partial charge in [-0.3, -0.25) is 4.79 Å². The maximum Gasteiger partial charge on any atom is 0.263 e. The quantitative estimate of drug-likeness (QED) is 0.709. The van der Waals surface area contributed by atoms with E-state index in [1.165, 1.54) is 0 Å². The van der Waals surface area contributed by atoms with Gasteiger partial charge in [-0.05, 0) is 36.8 Å². The highest BCUT2D eigenvalue weighted by atomic mass is 16.5. The smallest absolute Gasteiger partial charge is 0.263 e. The van der Waals surface area contributed by atoms with E-state index in [1.807, 2.05) is 43.3 Å². The molecule has 6 nitrogen and oxygen atoms in total. The Kier molecular flexibility index (Phi) is 5.53. The Labute approximate surface area is 152 Å². The molecule has 6 heteroatoms. The molecule has 1 aromatic heterocycles. The van der Waals surface area contributed by atoms with Crippen molar-refractivity contribution in [1.82, 2.24) is 9.78 Å². The van der Waals surface area contributed by atoms with Crippen molar-refractivity contribution in [2.45, 2.75) is 13.5 Å². The van der Waals surface area contributed by atoms with E-state index in [9.17, 15) is 4.79 Å². The van der Waals surface area contributed by atoms with E-state index in [1.54, 1.807) is 36.1 Å². The first-order valence-corrected chi connectivity index (χ1v) is 8.29. The lowest BCUT2D eigenvalue weighted by Crippen LogP contribution is -2.22. The van der Waals surface area contributed by atoms with Gasteiger partial charge in [0.25, 0.3) is 5.91 Å². The first kappa shape index (κ1) is 17.5. The Morgan fingerprint density at radius 2 is 1.77 bits per heavy atom. The van der Waals surface area contributed by atoms with Crippen LogP contribution in [0.3, 0.4) is 0 Å². The Bertz CT molecular complexity index is 858. The van der Waals surface area contributed by atoms with Crippen LogP contribution in [0.15, 0.2) is 60.7 Å². The molecule has 0 bridgehead atoms. The van der Waals surface area contributed by atoms with Crippen molar-refractivity contribution in [1.29, 1.82) is 0 Å². The molecule has 0 saturated heterocycles. The lowest BCUT2D eigenvalue weighted by atomic mass is 10.2. The molecular formula is C20H21N3O3. The average molecular weight is 351 g/mol. The number of methoxy groups -OCH3 is 1. The summed E-state index contributed by atoms with van der Waals surface area (Å²) in [5, 5.41) is 7.30. The van der Waals surface area contributed by atoms with E-state index in [0.717, 1.165) is 17.0 Å². The lowest BCUT2D eigenvalue weighted by molar-refractivity contribution is -0.118. The molecule has 0 unspecified atom stereocenters. The molecule has 3 rings (SSSR count). The van der Waals surface area contributed by atoms with E-state index in [4.69, 9.17) is 9.47 Å². The number of aromatic nitrogens is 2.